The predicted octanol–water partition coefficient (Wildman–Crippen LogP) is 3.23. The van der Waals surface area contributed by atoms with Crippen molar-refractivity contribution in [2.45, 2.75) is 57.2 Å². The van der Waals surface area contributed by atoms with E-state index in [1.54, 1.807) is 25.3 Å². The number of pyridine rings is 1. The van der Waals surface area contributed by atoms with E-state index < -0.39 is 29.5 Å². The van der Waals surface area contributed by atoms with Crippen LogP contribution < -0.4 is 20.1 Å². The number of carboxylic acids is 1. The number of rotatable bonds is 10. The van der Waals surface area contributed by atoms with E-state index >= 15 is 0 Å². The standard InChI is InChI=1S/C36H47N7O7/c1-24-30(48-3)10-9-27-31(20-29(38-32(24)27)25-22-37-43(23-25)14-13-42-15-18-49-19-16-42)50-17-11-28-33(44)40-36(34(45)46)21-26(36)8-6-4-5-7-12-41(2)35(47)39-28/h6,8-10,20,22-23,26,28H,4-5,7,11-19,21H2,1-3H3,(H,39,47)(H,40,44)(H,45,46)/t26-,28+,36-/m1/s1. The highest BCUT2D eigenvalue weighted by Gasteiger charge is 2.60. The van der Waals surface area contributed by atoms with Crippen molar-refractivity contribution in [1.29, 1.82) is 0 Å². The molecule has 3 aliphatic rings. The number of hydrogen-bond acceptors (Lipinski definition) is 9. The molecule has 1 saturated heterocycles. The number of nitrogens with zero attached hydrogens (tertiary/aromatic N) is 5. The van der Waals surface area contributed by atoms with Crippen LogP contribution in [-0.2, 0) is 20.9 Å². The Balaban J connectivity index is 1.22. The third-order valence-electron chi connectivity index (χ3n) is 9.90. The Labute approximate surface area is 291 Å². The van der Waals surface area contributed by atoms with E-state index in [4.69, 9.17) is 19.2 Å². The van der Waals surface area contributed by atoms with Crippen LogP contribution in [0, 0.1) is 12.8 Å². The minimum atomic E-state index is -1.38. The molecule has 0 bridgehead atoms. The van der Waals surface area contributed by atoms with Gasteiger partial charge in [-0.15, -0.1) is 0 Å². The van der Waals surface area contributed by atoms with E-state index in [-0.39, 0.29) is 18.9 Å². The molecular formula is C36H47N7O7. The van der Waals surface area contributed by atoms with E-state index in [9.17, 15) is 19.5 Å². The first-order valence-electron chi connectivity index (χ1n) is 17.4. The zero-order valence-corrected chi connectivity index (χ0v) is 29.0. The van der Waals surface area contributed by atoms with Gasteiger partial charge in [0.15, 0.2) is 0 Å². The Morgan fingerprint density at radius 1 is 1.14 bits per heavy atom. The second kappa shape index (κ2) is 15.5. The lowest BCUT2D eigenvalue weighted by Crippen LogP contribution is -2.55. The third-order valence-corrected chi connectivity index (χ3v) is 9.90. The number of aliphatic carboxylic acids is 1. The van der Waals surface area contributed by atoms with Gasteiger partial charge in [-0.1, -0.05) is 12.2 Å². The Morgan fingerprint density at radius 3 is 2.74 bits per heavy atom. The molecule has 14 heteroatoms. The summed E-state index contributed by atoms with van der Waals surface area (Å²) in [6, 6.07) is 4.19. The van der Waals surface area contributed by atoms with Gasteiger partial charge in [0, 0.05) is 74.3 Å². The average molecular weight is 690 g/mol. The van der Waals surface area contributed by atoms with Gasteiger partial charge < -0.3 is 34.9 Å². The number of ether oxygens (including phenoxy) is 3. The summed E-state index contributed by atoms with van der Waals surface area (Å²) in [6.07, 6.45) is 10.5. The number of allylic oxidation sites excluding steroid dienone is 1. The second-order valence-electron chi connectivity index (χ2n) is 13.3. The van der Waals surface area contributed by atoms with Crippen LogP contribution in [0.3, 0.4) is 0 Å². The molecule has 0 spiro atoms. The van der Waals surface area contributed by atoms with Crippen LogP contribution in [0.4, 0.5) is 4.79 Å². The molecule has 1 saturated carbocycles. The molecule has 3 amide bonds. The van der Waals surface area contributed by atoms with Gasteiger partial charge in [0.05, 0.1) is 50.9 Å². The lowest BCUT2D eigenvalue weighted by atomic mass is 10.1. The van der Waals surface area contributed by atoms with E-state index in [2.05, 4.69) is 20.6 Å². The molecule has 50 heavy (non-hydrogen) atoms. The van der Waals surface area contributed by atoms with Crippen LogP contribution >= 0.6 is 0 Å². The molecule has 14 nitrogen and oxygen atoms in total. The average Bonchev–Trinajstić information content (AvgIpc) is 3.60. The number of morpholine rings is 1. The van der Waals surface area contributed by atoms with Crippen molar-refractivity contribution in [1.82, 2.24) is 35.2 Å². The fraction of sp³-hybridized carbons (Fsp3) is 0.528. The summed E-state index contributed by atoms with van der Waals surface area (Å²) in [6.45, 7) is 7.43. The highest BCUT2D eigenvalue weighted by molar-refractivity contribution is 5.94. The maximum Gasteiger partial charge on any atom is 0.330 e. The minimum absolute atomic E-state index is 0.0634. The molecule has 268 valence electrons. The molecule has 2 aromatic heterocycles. The van der Waals surface area contributed by atoms with Crippen molar-refractivity contribution in [3.8, 4) is 22.8 Å². The molecule has 6 rings (SSSR count). The summed E-state index contributed by atoms with van der Waals surface area (Å²) in [4.78, 5) is 47.9. The van der Waals surface area contributed by atoms with Gasteiger partial charge in [-0.25, -0.2) is 14.6 Å². The fourth-order valence-electron chi connectivity index (χ4n) is 6.61. The summed E-state index contributed by atoms with van der Waals surface area (Å²) in [5.74, 6) is -0.699. The molecule has 1 aromatic carbocycles. The molecule has 0 radical (unpaired) electrons. The molecule has 3 atom stereocenters. The van der Waals surface area contributed by atoms with Crippen LogP contribution in [0.5, 0.6) is 11.5 Å². The monoisotopic (exact) mass is 689 g/mol. The van der Waals surface area contributed by atoms with Gasteiger partial charge in [-0.3, -0.25) is 14.4 Å². The van der Waals surface area contributed by atoms with Crippen molar-refractivity contribution in [2.75, 3.05) is 60.2 Å². The first-order valence-corrected chi connectivity index (χ1v) is 17.4. The number of aryl methyl sites for hydroxylation is 1. The summed E-state index contributed by atoms with van der Waals surface area (Å²) < 4.78 is 19.3. The van der Waals surface area contributed by atoms with E-state index in [0.29, 0.717) is 35.7 Å². The first kappa shape index (κ1) is 35.1. The number of aromatic nitrogens is 3. The van der Waals surface area contributed by atoms with E-state index in [1.807, 2.05) is 48.2 Å². The van der Waals surface area contributed by atoms with Gasteiger partial charge in [0.25, 0.3) is 0 Å². The summed E-state index contributed by atoms with van der Waals surface area (Å²) in [7, 11) is 3.30. The number of amides is 3. The van der Waals surface area contributed by atoms with Crippen LogP contribution in [0.25, 0.3) is 22.2 Å². The summed E-state index contributed by atoms with van der Waals surface area (Å²) >= 11 is 0. The van der Waals surface area contributed by atoms with Gasteiger partial charge in [-0.2, -0.15) is 5.10 Å². The number of carboxylic acid groups (broad SMARTS) is 1. The number of benzene rings is 1. The zero-order chi connectivity index (χ0) is 35.3. The zero-order valence-electron chi connectivity index (χ0n) is 29.0. The number of methoxy groups -OCH3 is 1. The lowest BCUT2D eigenvalue weighted by molar-refractivity contribution is -0.143. The number of fused-ring (bicyclic) bond motifs is 2. The van der Waals surface area contributed by atoms with Crippen molar-refractivity contribution in [3.05, 3.63) is 48.3 Å². The maximum absolute atomic E-state index is 13.6. The minimum Gasteiger partial charge on any atom is -0.496 e. The highest BCUT2D eigenvalue weighted by Crippen LogP contribution is 2.45. The van der Waals surface area contributed by atoms with Crippen LogP contribution in [0.15, 0.2) is 42.7 Å². The summed E-state index contributed by atoms with van der Waals surface area (Å²) in [5.41, 5.74) is 1.67. The van der Waals surface area contributed by atoms with Crippen molar-refractivity contribution in [2.24, 2.45) is 5.92 Å². The van der Waals surface area contributed by atoms with Crippen LogP contribution in [-0.4, -0.2) is 119 Å². The fourth-order valence-corrected chi connectivity index (χ4v) is 6.61. The van der Waals surface area contributed by atoms with Gasteiger partial charge in [0.1, 0.15) is 23.1 Å². The SMILES string of the molecule is COc1ccc2c(OCC[C@@H]3NC(=O)N(C)CCCCC=C[C@@H]4C[C@@]4(C(=O)O)NC3=O)cc(-c3cnn(CCN4CCOCC4)c3)nc2c1C. The van der Waals surface area contributed by atoms with Gasteiger partial charge in [-0.05, 0) is 44.7 Å². The molecule has 1 aliphatic carbocycles. The largest absolute Gasteiger partial charge is 0.496 e. The molecule has 0 unspecified atom stereocenters. The molecule has 3 N–H and O–H groups in total. The van der Waals surface area contributed by atoms with Gasteiger partial charge in [0.2, 0.25) is 5.91 Å². The Morgan fingerprint density at radius 2 is 1.96 bits per heavy atom. The van der Waals surface area contributed by atoms with E-state index in [1.165, 1.54) is 0 Å². The topological polar surface area (TPSA) is 160 Å². The maximum atomic E-state index is 13.6. The number of hydrogen-bond donors (Lipinski definition) is 3. The van der Waals surface area contributed by atoms with E-state index in [0.717, 1.165) is 75.2 Å². The number of carbonyl (C=O) groups is 3. The number of urea groups is 1. The van der Waals surface area contributed by atoms with Crippen molar-refractivity contribution in [3.63, 3.8) is 0 Å². The molecule has 4 heterocycles. The Hall–Kier alpha value is -4.69. The van der Waals surface area contributed by atoms with Crippen molar-refractivity contribution >= 4 is 28.8 Å². The van der Waals surface area contributed by atoms with Crippen LogP contribution in [0.1, 0.15) is 37.7 Å². The third kappa shape index (κ3) is 7.86. The van der Waals surface area contributed by atoms with Crippen LogP contribution in [0.2, 0.25) is 0 Å². The first-order chi connectivity index (χ1) is 24.2. The molecular weight excluding hydrogens is 642 g/mol. The Bertz CT molecular complexity index is 1740. The number of carbonyl (C=O) groups excluding carboxylic acids is 2. The normalized spacial score (nSPS) is 23.5. The molecule has 3 aromatic rings. The van der Waals surface area contributed by atoms with Crippen molar-refractivity contribution < 1.29 is 33.7 Å². The summed E-state index contributed by atoms with van der Waals surface area (Å²) in [5, 5.41) is 21.0. The quantitative estimate of drug-likeness (QED) is 0.270. The molecule has 2 aliphatic heterocycles. The lowest BCUT2D eigenvalue weighted by Gasteiger charge is -2.26. The second-order valence-corrected chi connectivity index (χ2v) is 13.3. The number of nitrogens with one attached hydrogen (secondary N) is 2. The molecule has 2 fully saturated rings. The predicted molar refractivity (Wildman–Crippen MR) is 186 cm³/mol. The Kier molecular flexibility index (Phi) is 10.9. The highest BCUT2D eigenvalue weighted by atomic mass is 16.5. The smallest absolute Gasteiger partial charge is 0.330 e. The van der Waals surface area contributed by atoms with Gasteiger partial charge >= 0.3 is 12.0 Å².